The van der Waals surface area contributed by atoms with Crippen LogP contribution in [0.15, 0.2) is 36.4 Å². The Kier molecular flexibility index (Phi) is 3.86. The highest BCUT2D eigenvalue weighted by molar-refractivity contribution is 6.00. The molecule has 4 nitrogen and oxygen atoms in total. The van der Waals surface area contributed by atoms with Gasteiger partial charge in [0.2, 0.25) is 5.91 Å². The van der Waals surface area contributed by atoms with Crippen LogP contribution in [0.5, 0.6) is 5.75 Å². The van der Waals surface area contributed by atoms with Gasteiger partial charge in [-0.15, -0.1) is 0 Å². The number of aliphatic hydroxyl groups excluding tert-OH is 1. The number of carbonyl (C=O) groups is 1. The molecule has 4 heteroatoms. The van der Waals surface area contributed by atoms with Gasteiger partial charge in [0.1, 0.15) is 18.5 Å². The molecule has 1 amide bonds. The lowest BCUT2D eigenvalue weighted by atomic mass is 9.94. The lowest BCUT2D eigenvalue weighted by Gasteiger charge is -2.18. The van der Waals surface area contributed by atoms with Gasteiger partial charge in [0.25, 0.3) is 0 Å². The summed E-state index contributed by atoms with van der Waals surface area (Å²) in [5.41, 5.74) is 4.66. The van der Waals surface area contributed by atoms with Crippen molar-refractivity contribution in [2.24, 2.45) is 0 Å². The van der Waals surface area contributed by atoms with Crippen molar-refractivity contribution < 1.29 is 14.6 Å². The summed E-state index contributed by atoms with van der Waals surface area (Å²) in [6, 6.07) is 11.3. The molecule has 3 rings (SSSR count). The Balaban J connectivity index is 1.81. The maximum atomic E-state index is 11.6. The summed E-state index contributed by atoms with van der Waals surface area (Å²) in [6.45, 7) is 4.11. The second kappa shape index (κ2) is 5.81. The number of nitrogens with one attached hydrogen (secondary N) is 1. The standard InChI is InChI=1S/C18H19NO3/c1-11-12(2)18-13(9-17(21)19-18)8-15(11)16(20)10-22-14-6-4-3-5-7-14/h3-8,16,20H,9-10H2,1-2H3,(H,19,21). The zero-order valence-corrected chi connectivity index (χ0v) is 12.7. The molecule has 2 aromatic rings. The van der Waals surface area contributed by atoms with Crippen molar-refractivity contribution in [3.63, 3.8) is 0 Å². The SMILES string of the molecule is Cc1c(C(O)COc2ccccc2)cc2c(c1C)NC(=O)C2. The molecular formula is C18H19NO3. The van der Waals surface area contributed by atoms with Crippen LogP contribution in [0.4, 0.5) is 5.69 Å². The molecule has 0 fully saturated rings. The fourth-order valence-electron chi connectivity index (χ4n) is 2.81. The van der Waals surface area contributed by atoms with Gasteiger partial charge in [0.15, 0.2) is 0 Å². The Bertz CT molecular complexity index is 710. The van der Waals surface area contributed by atoms with Gasteiger partial charge in [-0.1, -0.05) is 24.3 Å². The van der Waals surface area contributed by atoms with E-state index in [1.165, 1.54) is 0 Å². The molecule has 0 saturated carbocycles. The molecule has 0 bridgehead atoms. The summed E-state index contributed by atoms with van der Waals surface area (Å²) in [5, 5.41) is 13.3. The first-order chi connectivity index (χ1) is 10.6. The normalized spacial score (nSPS) is 14.4. The van der Waals surface area contributed by atoms with E-state index in [4.69, 9.17) is 4.74 Å². The number of rotatable bonds is 4. The van der Waals surface area contributed by atoms with E-state index in [1.54, 1.807) is 0 Å². The number of hydrogen-bond donors (Lipinski definition) is 2. The summed E-state index contributed by atoms with van der Waals surface area (Å²) < 4.78 is 5.62. The largest absolute Gasteiger partial charge is 0.491 e. The van der Waals surface area contributed by atoms with E-state index >= 15 is 0 Å². The predicted octanol–water partition coefficient (Wildman–Crippen LogP) is 2.91. The van der Waals surface area contributed by atoms with Crippen LogP contribution in [0.25, 0.3) is 0 Å². The van der Waals surface area contributed by atoms with Gasteiger partial charge in [-0.05, 0) is 48.2 Å². The third-order valence-corrected chi connectivity index (χ3v) is 4.15. The fourth-order valence-corrected chi connectivity index (χ4v) is 2.81. The van der Waals surface area contributed by atoms with Crippen molar-refractivity contribution in [2.75, 3.05) is 11.9 Å². The Hall–Kier alpha value is -2.33. The van der Waals surface area contributed by atoms with Gasteiger partial charge < -0.3 is 15.2 Å². The second-order valence-electron chi connectivity index (χ2n) is 5.61. The minimum atomic E-state index is -0.722. The first kappa shape index (κ1) is 14.6. The summed E-state index contributed by atoms with van der Waals surface area (Å²) in [6.07, 6.45) is -0.352. The van der Waals surface area contributed by atoms with Crippen molar-refractivity contribution in [3.05, 3.63) is 58.7 Å². The molecule has 114 valence electrons. The number of para-hydroxylation sites is 1. The van der Waals surface area contributed by atoms with Gasteiger partial charge >= 0.3 is 0 Å². The van der Waals surface area contributed by atoms with E-state index in [0.29, 0.717) is 6.42 Å². The number of amides is 1. The maximum absolute atomic E-state index is 11.6. The molecule has 0 saturated heterocycles. The highest BCUT2D eigenvalue weighted by atomic mass is 16.5. The first-order valence-corrected chi connectivity index (χ1v) is 7.35. The molecule has 1 aliphatic rings. The Morgan fingerprint density at radius 3 is 2.68 bits per heavy atom. The van der Waals surface area contributed by atoms with Crippen LogP contribution in [0.3, 0.4) is 0 Å². The van der Waals surface area contributed by atoms with Crippen LogP contribution in [0.1, 0.15) is 28.4 Å². The number of fused-ring (bicyclic) bond motifs is 1. The summed E-state index contributed by atoms with van der Waals surface area (Å²) in [5.74, 6) is 0.735. The molecular weight excluding hydrogens is 278 g/mol. The second-order valence-corrected chi connectivity index (χ2v) is 5.61. The smallest absolute Gasteiger partial charge is 0.228 e. The first-order valence-electron chi connectivity index (χ1n) is 7.35. The Morgan fingerprint density at radius 1 is 1.23 bits per heavy atom. The summed E-state index contributed by atoms with van der Waals surface area (Å²) in [4.78, 5) is 11.6. The van der Waals surface area contributed by atoms with Crippen LogP contribution in [-0.2, 0) is 11.2 Å². The van der Waals surface area contributed by atoms with Crippen molar-refractivity contribution >= 4 is 11.6 Å². The van der Waals surface area contributed by atoms with E-state index in [0.717, 1.165) is 33.7 Å². The molecule has 1 atom stereocenters. The average Bonchev–Trinajstić information content (AvgIpc) is 2.90. The lowest BCUT2D eigenvalue weighted by molar-refractivity contribution is -0.115. The molecule has 1 unspecified atom stereocenters. The molecule has 0 spiro atoms. The molecule has 2 aromatic carbocycles. The molecule has 1 aliphatic heterocycles. The molecule has 2 N–H and O–H groups in total. The average molecular weight is 297 g/mol. The third kappa shape index (κ3) is 2.70. The topological polar surface area (TPSA) is 58.6 Å². The molecule has 22 heavy (non-hydrogen) atoms. The fraction of sp³-hybridized carbons (Fsp3) is 0.278. The number of anilines is 1. The van der Waals surface area contributed by atoms with E-state index in [9.17, 15) is 9.90 Å². The van der Waals surface area contributed by atoms with Gasteiger partial charge in [0, 0.05) is 5.69 Å². The monoisotopic (exact) mass is 297 g/mol. The Labute approximate surface area is 129 Å². The number of ether oxygens (including phenoxy) is 1. The van der Waals surface area contributed by atoms with E-state index in [-0.39, 0.29) is 12.5 Å². The quantitative estimate of drug-likeness (QED) is 0.912. The van der Waals surface area contributed by atoms with E-state index in [2.05, 4.69) is 5.32 Å². The molecule has 0 aliphatic carbocycles. The third-order valence-electron chi connectivity index (χ3n) is 4.15. The van der Waals surface area contributed by atoms with E-state index < -0.39 is 6.10 Å². The number of hydrogen-bond acceptors (Lipinski definition) is 3. The Morgan fingerprint density at radius 2 is 1.95 bits per heavy atom. The minimum Gasteiger partial charge on any atom is -0.491 e. The zero-order chi connectivity index (χ0) is 15.7. The highest BCUT2D eigenvalue weighted by Gasteiger charge is 2.24. The number of aliphatic hydroxyl groups is 1. The maximum Gasteiger partial charge on any atom is 0.228 e. The molecule has 0 aromatic heterocycles. The lowest BCUT2D eigenvalue weighted by Crippen LogP contribution is -2.12. The van der Waals surface area contributed by atoms with Crippen LogP contribution >= 0.6 is 0 Å². The summed E-state index contributed by atoms with van der Waals surface area (Å²) in [7, 11) is 0. The van der Waals surface area contributed by atoms with Crippen LogP contribution in [0.2, 0.25) is 0 Å². The van der Waals surface area contributed by atoms with Gasteiger partial charge in [-0.3, -0.25) is 4.79 Å². The van der Waals surface area contributed by atoms with Crippen LogP contribution in [-0.4, -0.2) is 17.6 Å². The number of carbonyl (C=O) groups excluding carboxylic acids is 1. The van der Waals surface area contributed by atoms with Crippen molar-refractivity contribution in [1.82, 2.24) is 0 Å². The number of benzene rings is 2. The van der Waals surface area contributed by atoms with Gasteiger partial charge in [-0.2, -0.15) is 0 Å². The van der Waals surface area contributed by atoms with Crippen LogP contribution in [0, 0.1) is 13.8 Å². The van der Waals surface area contributed by atoms with Gasteiger partial charge in [-0.25, -0.2) is 0 Å². The van der Waals surface area contributed by atoms with Crippen molar-refractivity contribution in [3.8, 4) is 5.75 Å². The highest BCUT2D eigenvalue weighted by Crippen LogP contribution is 2.34. The molecule has 1 heterocycles. The summed E-state index contributed by atoms with van der Waals surface area (Å²) >= 11 is 0. The van der Waals surface area contributed by atoms with Crippen LogP contribution < -0.4 is 10.1 Å². The molecule has 0 radical (unpaired) electrons. The van der Waals surface area contributed by atoms with E-state index in [1.807, 2.05) is 50.2 Å². The van der Waals surface area contributed by atoms with Crippen molar-refractivity contribution in [2.45, 2.75) is 26.4 Å². The minimum absolute atomic E-state index is 0.00433. The zero-order valence-electron chi connectivity index (χ0n) is 12.7. The van der Waals surface area contributed by atoms with Gasteiger partial charge in [0.05, 0.1) is 6.42 Å². The predicted molar refractivity (Wildman–Crippen MR) is 85.1 cm³/mol. The van der Waals surface area contributed by atoms with Crippen molar-refractivity contribution in [1.29, 1.82) is 0 Å².